The quantitative estimate of drug-likeness (QED) is 0.703. The second-order valence-electron chi connectivity index (χ2n) is 2.35. The molecule has 0 aliphatic heterocycles. The van der Waals surface area contributed by atoms with E-state index < -0.39 is 5.85 Å². The molecule has 0 radical (unpaired) electrons. The van der Waals surface area contributed by atoms with Crippen molar-refractivity contribution in [3.05, 3.63) is 30.1 Å². The molecule has 0 aromatic carbocycles. The molecule has 0 spiro atoms. The Bertz CT molecular complexity index is 223. The molecule has 60 valence electrons. The van der Waals surface area contributed by atoms with Gasteiger partial charge in [0.2, 0.25) is 5.85 Å². The van der Waals surface area contributed by atoms with E-state index in [0.717, 1.165) is 0 Å². The van der Waals surface area contributed by atoms with Crippen LogP contribution in [0.1, 0.15) is 18.9 Å². The summed E-state index contributed by atoms with van der Waals surface area (Å²) in [5.74, 6) is -2.23. The minimum atomic E-state index is -2.23. The van der Waals surface area contributed by atoms with Gasteiger partial charge in [0.1, 0.15) is 0 Å². The van der Waals surface area contributed by atoms with Crippen LogP contribution in [0.2, 0.25) is 0 Å². The van der Waals surface area contributed by atoms with Crippen LogP contribution in [0.3, 0.4) is 0 Å². The molecule has 0 aliphatic carbocycles. The van der Waals surface area contributed by atoms with Crippen molar-refractivity contribution < 1.29 is 9.50 Å². The minimum absolute atomic E-state index is 0.0404. The van der Waals surface area contributed by atoms with Crippen LogP contribution in [0.25, 0.3) is 0 Å². The Morgan fingerprint density at radius 1 is 1.73 bits per heavy atom. The van der Waals surface area contributed by atoms with E-state index in [9.17, 15) is 4.39 Å². The van der Waals surface area contributed by atoms with Gasteiger partial charge in [0.15, 0.2) is 0 Å². The molecule has 1 rings (SSSR count). The average molecular weight is 155 g/mol. The van der Waals surface area contributed by atoms with Crippen LogP contribution >= 0.6 is 0 Å². The van der Waals surface area contributed by atoms with Gasteiger partial charge in [-0.05, 0) is 6.07 Å². The molecule has 2 nitrogen and oxygen atoms in total. The van der Waals surface area contributed by atoms with Crippen molar-refractivity contribution in [2.45, 2.75) is 19.2 Å². The van der Waals surface area contributed by atoms with E-state index in [1.165, 1.54) is 18.5 Å². The summed E-state index contributed by atoms with van der Waals surface area (Å²) >= 11 is 0. The van der Waals surface area contributed by atoms with Gasteiger partial charge < -0.3 is 5.11 Å². The maximum Gasteiger partial charge on any atom is 0.234 e. The number of hydrogen-bond acceptors (Lipinski definition) is 2. The van der Waals surface area contributed by atoms with Gasteiger partial charge in [-0.1, -0.05) is 13.0 Å². The number of aliphatic hydroxyl groups is 1. The lowest BCUT2D eigenvalue weighted by Gasteiger charge is -2.15. The first-order valence-corrected chi connectivity index (χ1v) is 3.48. The van der Waals surface area contributed by atoms with Crippen LogP contribution < -0.4 is 0 Å². The standard InChI is InChI=1S/C8H10FNO/c1-2-8(9,11)7-4-3-5-10-6-7/h3-6,11H,2H2,1H3. The van der Waals surface area contributed by atoms with E-state index in [2.05, 4.69) is 4.98 Å². The zero-order chi connectivity index (χ0) is 8.32. The van der Waals surface area contributed by atoms with Crippen LogP contribution in [0.5, 0.6) is 0 Å². The topological polar surface area (TPSA) is 33.1 Å². The zero-order valence-electron chi connectivity index (χ0n) is 6.29. The molecule has 0 saturated carbocycles. The lowest BCUT2D eigenvalue weighted by molar-refractivity contribution is -0.0982. The molecule has 0 aliphatic rings. The minimum Gasteiger partial charge on any atom is -0.358 e. The highest BCUT2D eigenvalue weighted by atomic mass is 19.2. The zero-order valence-corrected chi connectivity index (χ0v) is 6.29. The summed E-state index contributed by atoms with van der Waals surface area (Å²) in [6.45, 7) is 1.58. The van der Waals surface area contributed by atoms with Gasteiger partial charge in [0, 0.05) is 24.4 Å². The van der Waals surface area contributed by atoms with Crippen LogP contribution in [0.4, 0.5) is 4.39 Å². The number of alkyl halides is 1. The highest BCUT2D eigenvalue weighted by Crippen LogP contribution is 2.24. The Hall–Kier alpha value is -0.960. The predicted molar refractivity (Wildman–Crippen MR) is 39.5 cm³/mol. The second kappa shape index (κ2) is 2.96. The fraction of sp³-hybridized carbons (Fsp3) is 0.375. The predicted octanol–water partition coefficient (Wildman–Crippen LogP) is 1.61. The van der Waals surface area contributed by atoms with Gasteiger partial charge in [-0.25, -0.2) is 4.39 Å². The first-order valence-electron chi connectivity index (χ1n) is 3.48. The van der Waals surface area contributed by atoms with E-state index >= 15 is 0 Å². The number of pyridine rings is 1. The van der Waals surface area contributed by atoms with Crippen molar-refractivity contribution in [2.24, 2.45) is 0 Å². The molecule has 1 aromatic rings. The van der Waals surface area contributed by atoms with E-state index in [1.807, 2.05) is 0 Å². The van der Waals surface area contributed by atoms with Crippen LogP contribution in [0.15, 0.2) is 24.5 Å². The largest absolute Gasteiger partial charge is 0.358 e. The summed E-state index contributed by atoms with van der Waals surface area (Å²) in [4.78, 5) is 3.70. The Morgan fingerprint density at radius 2 is 2.45 bits per heavy atom. The van der Waals surface area contributed by atoms with Crippen LogP contribution in [-0.2, 0) is 5.85 Å². The van der Waals surface area contributed by atoms with E-state index in [-0.39, 0.29) is 12.0 Å². The van der Waals surface area contributed by atoms with Crippen molar-refractivity contribution in [1.29, 1.82) is 0 Å². The highest BCUT2D eigenvalue weighted by molar-refractivity contribution is 5.14. The molecule has 11 heavy (non-hydrogen) atoms. The Morgan fingerprint density at radius 3 is 2.91 bits per heavy atom. The number of rotatable bonds is 2. The molecule has 1 N–H and O–H groups in total. The molecule has 0 amide bonds. The van der Waals surface area contributed by atoms with E-state index in [1.54, 1.807) is 13.0 Å². The third kappa shape index (κ3) is 1.74. The SMILES string of the molecule is CCC(O)(F)c1cccnc1. The fourth-order valence-electron chi connectivity index (χ4n) is 0.793. The van der Waals surface area contributed by atoms with Gasteiger partial charge in [-0.3, -0.25) is 4.98 Å². The third-order valence-electron chi connectivity index (χ3n) is 1.57. The van der Waals surface area contributed by atoms with Gasteiger partial charge >= 0.3 is 0 Å². The van der Waals surface area contributed by atoms with Crippen LogP contribution in [0, 0.1) is 0 Å². The van der Waals surface area contributed by atoms with E-state index in [4.69, 9.17) is 5.11 Å². The molecule has 1 heterocycles. The number of aromatic nitrogens is 1. The molecule has 3 heteroatoms. The molecule has 0 bridgehead atoms. The Balaban J connectivity index is 2.93. The number of nitrogens with zero attached hydrogens (tertiary/aromatic N) is 1. The van der Waals surface area contributed by atoms with Gasteiger partial charge in [-0.15, -0.1) is 0 Å². The molecule has 1 aromatic heterocycles. The van der Waals surface area contributed by atoms with Crippen molar-refractivity contribution in [2.75, 3.05) is 0 Å². The van der Waals surface area contributed by atoms with Gasteiger partial charge in [-0.2, -0.15) is 0 Å². The molecular weight excluding hydrogens is 145 g/mol. The maximum atomic E-state index is 13.1. The number of hydrogen-bond donors (Lipinski definition) is 1. The molecule has 0 fully saturated rings. The summed E-state index contributed by atoms with van der Waals surface area (Å²) in [6.07, 6.45) is 2.90. The third-order valence-corrected chi connectivity index (χ3v) is 1.57. The normalized spacial score (nSPS) is 15.9. The smallest absolute Gasteiger partial charge is 0.234 e. The van der Waals surface area contributed by atoms with Gasteiger partial charge in [0.25, 0.3) is 0 Å². The first-order chi connectivity index (χ1) is 5.17. The highest BCUT2D eigenvalue weighted by Gasteiger charge is 2.25. The van der Waals surface area contributed by atoms with Crippen molar-refractivity contribution >= 4 is 0 Å². The van der Waals surface area contributed by atoms with Crippen molar-refractivity contribution in [3.63, 3.8) is 0 Å². The average Bonchev–Trinajstić information content (AvgIpc) is 2.06. The maximum absolute atomic E-state index is 13.1. The fourth-order valence-corrected chi connectivity index (χ4v) is 0.793. The monoisotopic (exact) mass is 155 g/mol. The molecule has 0 saturated heterocycles. The summed E-state index contributed by atoms with van der Waals surface area (Å²) in [5, 5.41) is 9.09. The summed E-state index contributed by atoms with van der Waals surface area (Å²) in [7, 11) is 0. The molecule has 1 unspecified atom stereocenters. The summed E-state index contributed by atoms with van der Waals surface area (Å²) < 4.78 is 13.1. The lowest BCUT2D eigenvalue weighted by Crippen LogP contribution is -2.17. The number of halogens is 1. The Labute approximate surface area is 64.7 Å². The first kappa shape index (κ1) is 8.14. The molecule has 1 atom stereocenters. The molecular formula is C8H10FNO. The van der Waals surface area contributed by atoms with Crippen molar-refractivity contribution in [1.82, 2.24) is 4.98 Å². The summed E-state index contributed by atoms with van der Waals surface area (Å²) in [6, 6.07) is 3.10. The summed E-state index contributed by atoms with van der Waals surface area (Å²) in [5.41, 5.74) is 0.211. The lowest BCUT2D eigenvalue weighted by atomic mass is 10.1. The van der Waals surface area contributed by atoms with Gasteiger partial charge in [0.05, 0.1) is 0 Å². The van der Waals surface area contributed by atoms with Crippen LogP contribution in [-0.4, -0.2) is 10.1 Å². The second-order valence-corrected chi connectivity index (χ2v) is 2.35. The van der Waals surface area contributed by atoms with Crippen molar-refractivity contribution in [3.8, 4) is 0 Å². The Kier molecular flexibility index (Phi) is 2.19. The van der Waals surface area contributed by atoms with E-state index in [0.29, 0.717) is 0 Å².